The summed E-state index contributed by atoms with van der Waals surface area (Å²) in [5, 5.41) is 0. The van der Waals surface area contributed by atoms with E-state index in [9.17, 15) is 4.79 Å². The van der Waals surface area contributed by atoms with Crippen LogP contribution in [-0.4, -0.2) is 54.0 Å². The van der Waals surface area contributed by atoms with E-state index in [2.05, 4.69) is 4.90 Å². The van der Waals surface area contributed by atoms with Gasteiger partial charge in [-0.1, -0.05) is 6.42 Å². The predicted molar refractivity (Wildman–Crippen MR) is 64.1 cm³/mol. The fraction of sp³-hybridized carbons (Fsp3) is 0.917. The first kappa shape index (κ1) is 11.9. The van der Waals surface area contributed by atoms with E-state index < -0.39 is 0 Å². The van der Waals surface area contributed by atoms with Crippen LogP contribution in [-0.2, 0) is 4.79 Å². The Morgan fingerprint density at radius 3 is 2.44 bits per heavy atom. The molecule has 2 N–H and O–H groups in total. The molecule has 0 bridgehead atoms. The highest BCUT2D eigenvalue weighted by Crippen LogP contribution is 2.22. The smallest absolute Gasteiger partial charge is 0.219 e. The average molecular weight is 225 g/mol. The molecule has 0 radical (unpaired) electrons. The summed E-state index contributed by atoms with van der Waals surface area (Å²) in [6.07, 6.45) is 4.87. The highest BCUT2D eigenvalue weighted by atomic mass is 16.2. The molecule has 1 saturated carbocycles. The van der Waals surface area contributed by atoms with E-state index in [4.69, 9.17) is 5.73 Å². The molecule has 1 aliphatic heterocycles. The fourth-order valence-corrected chi connectivity index (χ4v) is 2.93. The summed E-state index contributed by atoms with van der Waals surface area (Å²) < 4.78 is 0. The molecule has 16 heavy (non-hydrogen) atoms. The zero-order valence-corrected chi connectivity index (χ0v) is 10.2. The van der Waals surface area contributed by atoms with Crippen molar-refractivity contribution >= 4 is 5.91 Å². The van der Waals surface area contributed by atoms with Crippen molar-refractivity contribution in [2.45, 2.75) is 44.7 Å². The molecule has 2 fully saturated rings. The lowest BCUT2D eigenvalue weighted by molar-refractivity contribution is -0.131. The van der Waals surface area contributed by atoms with Crippen LogP contribution >= 0.6 is 0 Å². The van der Waals surface area contributed by atoms with Gasteiger partial charge < -0.3 is 10.6 Å². The van der Waals surface area contributed by atoms with Crippen molar-refractivity contribution in [2.24, 2.45) is 5.73 Å². The minimum Gasteiger partial charge on any atom is -0.340 e. The maximum atomic E-state index is 11.2. The lowest BCUT2D eigenvalue weighted by atomic mass is 9.90. The minimum absolute atomic E-state index is 0.208. The van der Waals surface area contributed by atoms with Gasteiger partial charge in [-0.3, -0.25) is 9.69 Å². The average Bonchev–Trinajstić information content (AvgIpc) is 2.29. The Morgan fingerprint density at radius 2 is 1.88 bits per heavy atom. The Morgan fingerprint density at radius 1 is 1.19 bits per heavy atom. The zero-order valence-electron chi connectivity index (χ0n) is 10.2. The Hall–Kier alpha value is -0.610. The third kappa shape index (κ3) is 2.74. The second kappa shape index (κ2) is 5.15. The maximum Gasteiger partial charge on any atom is 0.219 e. The number of carbonyl (C=O) groups is 1. The van der Waals surface area contributed by atoms with Gasteiger partial charge in [0.1, 0.15) is 0 Å². The molecule has 1 heterocycles. The van der Waals surface area contributed by atoms with Crippen molar-refractivity contribution in [3.8, 4) is 0 Å². The fourth-order valence-electron chi connectivity index (χ4n) is 2.93. The number of amides is 1. The van der Waals surface area contributed by atoms with Crippen molar-refractivity contribution in [1.82, 2.24) is 9.80 Å². The minimum atomic E-state index is 0.208. The molecule has 1 amide bonds. The highest BCUT2D eigenvalue weighted by Gasteiger charge is 2.28. The summed E-state index contributed by atoms with van der Waals surface area (Å²) in [4.78, 5) is 15.7. The predicted octanol–water partition coefficient (Wildman–Crippen LogP) is 0.420. The van der Waals surface area contributed by atoms with Crippen molar-refractivity contribution in [1.29, 1.82) is 0 Å². The first-order chi connectivity index (χ1) is 7.66. The van der Waals surface area contributed by atoms with Gasteiger partial charge >= 0.3 is 0 Å². The first-order valence-corrected chi connectivity index (χ1v) is 6.42. The molecule has 1 aliphatic carbocycles. The summed E-state index contributed by atoms with van der Waals surface area (Å²) in [6, 6.07) is 1.06. The standard InChI is InChI=1S/C12H23N3O/c1-10(16)14-5-7-15(8-6-14)12-4-2-3-11(13)9-12/h11-12H,2-9,13H2,1H3/t11-,12+/m1/s1. The van der Waals surface area contributed by atoms with Gasteiger partial charge in [-0.15, -0.1) is 0 Å². The van der Waals surface area contributed by atoms with Gasteiger partial charge in [-0.25, -0.2) is 0 Å². The third-order valence-electron chi connectivity index (χ3n) is 3.96. The largest absolute Gasteiger partial charge is 0.340 e. The first-order valence-electron chi connectivity index (χ1n) is 6.42. The van der Waals surface area contributed by atoms with Crippen molar-refractivity contribution < 1.29 is 4.79 Å². The number of rotatable bonds is 1. The highest BCUT2D eigenvalue weighted by molar-refractivity contribution is 5.73. The van der Waals surface area contributed by atoms with Gasteiger partial charge in [0.15, 0.2) is 0 Å². The lowest BCUT2D eigenvalue weighted by Gasteiger charge is -2.41. The van der Waals surface area contributed by atoms with Crippen LogP contribution in [0, 0.1) is 0 Å². The molecule has 0 unspecified atom stereocenters. The van der Waals surface area contributed by atoms with Crippen LogP contribution < -0.4 is 5.73 Å². The van der Waals surface area contributed by atoms with Crippen molar-refractivity contribution in [2.75, 3.05) is 26.2 Å². The Labute approximate surface area is 97.8 Å². The topological polar surface area (TPSA) is 49.6 Å². The SMILES string of the molecule is CC(=O)N1CCN([C@H]2CCC[C@@H](N)C2)CC1. The van der Waals surface area contributed by atoms with E-state index >= 15 is 0 Å². The van der Waals surface area contributed by atoms with E-state index in [0.29, 0.717) is 12.1 Å². The maximum absolute atomic E-state index is 11.2. The zero-order chi connectivity index (χ0) is 11.5. The van der Waals surface area contributed by atoms with Crippen LogP contribution in [0.2, 0.25) is 0 Å². The van der Waals surface area contributed by atoms with Crippen LogP contribution in [0.3, 0.4) is 0 Å². The van der Waals surface area contributed by atoms with Crippen LogP contribution in [0.15, 0.2) is 0 Å². The lowest BCUT2D eigenvalue weighted by Crippen LogP contribution is -2.53. The van der Waals surface area contributed by atoms with Crippen LogP contribution in [0.4, 0.5) is 0 Å². The van der Waals surface area contributed by atoms with Gasteiger partial charge in [0, 0.05) is 45.2 Å². The molecular weight excluding hydrogens is 202 g/mol. The van der Waals surface area contributed by atoms with Crippen LogP contribution in [0.25, 0.3) is 0 Å². The van der Waals surface area contributed by atoms with E-state index in [0.717, 1.165) is 32.6 Å². The molecule has 0 aromatic carbocycles. The summed E-state index contributed by atoms with van der Waals surface area (Å²) in [7, 11) is 0. The number of hydrogen-bond donors (Lipinski definition) is 1. The monoisotopic (exact) mass is 225 g/mol. The Balaban J connectivity index is 1.81. The van der Waals surface area contributed by atoms with Crippen molar-refractivity contribution in [3.05, 3.63) is 0 Å². The summed E-state index contributed by atoms with van der Waals surface area (Å²) in [5.41, 5.74) is 6.02. The quantitative estimate of drug-likeness (QED) is 0.703. The molecule has 4 heteroatoms. The van der Waals surface area contributed by atoms with Crippen LogP contribution in [0.5, 0.6) is 0 Å². The summed E-state index contributed by atoms with van der Waals surface area (Å²) in [5.74, 6) is 0.208. The number of nitrogens with zero attached hydrogens (tertiary/aromatic N) is 2. The van der Waals surface area contributed by atoms with E-state index in [1.807, 2.05) is 4.90 Å². The molecule has 0 aromatic rings. The van der Waals surface area contributed by atoms with E-state index in [1.54, 1.807) is 6.92 Å². The van der Waals surface area contributed by atoms with E-state index in [-0.39, 0.29) is 5.91 Å². The summed E-state index contributed by atoms with van der Waals surface area (Å²) >= 11 is 0. The number of nitrogens with two attached hydrogens (primary N) is 1. The molecule has 0 spiro atoms. The molecule has 1 saturated heterocycles. The van der Waals surface area contributed by atoms with Gasteiger partial charge in [0.2, 0.25) is 5.91 Å². The molecule has 2 rings (SSSR count). The second-order valence-electron chi connectivity index (χ2n) is 5.12. The third-order valence-corrected chi connectivity index (χ3v) is 3.96. The molecule has 2 aliphatic rings. The molecule has 4 nitrogen and oxygen atoms in total. The van der Waals surface area contributed by atoms with E-state index in [1.165, 1.54) is 19.3 Å². The number of piperazine rings is 1. The normalized spacial score (nSPS) is 32.8. The molecule has 92 valence electrons. The van der Waals surface area contributed by atoms with Gasteiger partial charge in [0.25, 0.3) is 0 Å². The van der Waals surface area contributed by atoms with Gasteiger partial charge in [0.05, 0.1) is 0 Å². The Bertz CT molecular complexity index is 249. The summed E-state index contributed by atoms with van der Waals surface area (Å²) in [6.45, 7) is 5.49. The molecule has 2 atom stereocenters. The number of carbonyl (C=O) groups excluding carboxylic acids is 1. The number of hydrogen-bond acceptors (Lipinski definition) is 3. The second-order valence-corrected chi connectivity index (χ2v) is 5.12. The molecular formula is C12H23N3O. The van der Waals surface area contributed by atoms with Crippen LogP contribution in [0.1, 0.15) is 32.6 Å². The molecule has 0 aromatic heterocycles. The van der Waals surface area contributed by atoms with Gasteiger partial charge in [-0.05, 0) is 19.3 Å². The Kier molecular flexibility index (Phi) is 3.82. The van der Waals surface area contributed by atoms with Crippen molar-refractivity contribution in [3.63, 3.8) is 0 Å². The van der Waals surface area contributed by atoms with Gasteiger partial charge in [-0.2, -0.15) is 0 Å².